The Hall–Kier alpha value is -1.16. The van der Waals surface area contributed by atoms with Crippen LogP contribution >= 0.6 is 34.5 Å². The van der Waals surface area contributed by atoms with Gasteiger partial charge in [-0.25, -0.2) is 0 Å². The van der Waals surface area contributed by atoms with Crippen LogP contribution in [0.4, 0.5) is 0 Å². The third-order valence-corrected chi connectivity index (χ3v) is 4.65. The molecule has 1 N–H and O–H groups in total. The second kappa shape index (κ2) is 6.08. The zero-order chi connectivity index (χ0) is 13.9. The summed E-state index contributed by atoms with van der Waals surface area (Å²) in [6.45, 7) is 0.663. The second-order valence-electron chi connectivity index (χ2n) is 4.46. The van der Waals surface area contributed by atoms with Crippen molar-refractivity contribution in [3.63, 3.8) is 0 Å². The number of halogens is 2. The summed E-state index contributed by atoms with van der Waals surface area (Å²) in [7, 11) is 0. The summed E-state index contributed by atoms with van der Waals surface area (Å²) in [5.41, 5.74) is 0.826. The minimum absolute atomic E-state index is 0.635. The fraction of sp³-hybridized carbons (Fsp3) is 0.200. The van der Waals surface area contributed by atoms with Crippen molar-refractivity contribution in [2.75, 3.05) is 6.61 Å². The maximum atomic E-state index is 6.18. The van der Waals surface area contributed by atoms with Crippen LogP contribution in [0.1, 0.15) is 11.3 Å². The van der Waals surface area contributed by atoms with E-state index in [-0.39, 0.29) is 0 Å². The molecule has 0 aliphatic rings. The number of fused-ring (bicyclic) bond motifs is 1. The molecule has 0 spiro atoms. The Morgan fingerprint density at radius 1 is 1.15 bits per heavy atom. The van der Waals surface area contributed by atoms with Gasteiger partial charge in [-0.15, -0.1) is 11.3 Å². The van der Waals surface area contributed by atoms with Crippen LogP contribution in [-0.2, 0) is 6.42 Å². The number of H-pyrrole nitrogens is 1. The molecule has 5 heteroatoms. The Bertz CT molecular complexity index is 706. The molecule has 0 atom stereocenters. The molecule has 2 nitrogen and oxygen atoms in total. The van der Waals surface area contributed by atoms with Crippen LogP contribution in [0.5, 0.6) is 5.75 Å². The van der Waals surface area contributed by atoms with Crippen molar-refractivity contribution in [1.29, 1.82) is 0 Å². The quantitative estimate of drug-likeness (QED) is 0.611. The molecule has 0 aliphatic carbocycles. The minimum Gasteiger partial charge on any atom is -0.493 e. The third kappa shape index (κ3) is 2.80. The SMILES string of the molecule is Clc1ccc(OCCCc2cccs2)c2c(Cl)c[nH]c12. The Kier molecular flexibility index (Phi) is 4.20. The number of ether oxygens (including phenoxy) is 1. The van der Waals surface area contributed by atoms with Crippen LogP contribution in [0.25, 0.3) is 10.9 Å². The van der Waals surface area contributed by atoms with Crippen molar-refractivity contribution >= 4 is 45.4 Å². The van der Waals surface area contributed by atoms with Crippen LogP contribution in [-0.4, -0.2) is 11.6 Å². The lowest BCUT2D eigenvalue weighted by atomic mass is 10.2. The van der Waals surface area contributed by atoms with Gasteiger partial charge in [0.2, 0.25) is 0 Å². The van der Waals surface area contributed by atoms with E-state index < -0.39 is 0 Å². The molecular formula is C15H13Cl2NOS. The number of hydrogen-bond donors (Lipinski definition) is 1. The van der Waals surface area contributed by atoms with Crippen LogP contribution < -0.4 is 4.74 Å². The maximum absolute atomic E-state index is 6.18. The van der Waals surface area contributed by atoms with Gasteiger partial charge in [-0.05, 0) is 36.4 Å². The summed E-state index contributed by atoms with van der Waals surface area (Å²) in [4.78, 5) is 4.45. The normalized spacial score (nSPS) is 11.1. The van der Waals surface area contributed by atoms with E-state index >= 15 is 0 Å². The number of aryl methyl sites for hydroxylation is 1. The standard InChI is InChI=1S/C15H13Cl2NOS/c16-11-5-6-13(14-12(17)9-18-15(11)14)19-7-1-3-10-4-2-8-20-10/h2,4-6,8-9,18H,1,3,7H2. The topological polar surface area (TPSA) is 25.0 Å². The zero-order valence-corrected chi connectivity index (χ0v) is 13.0. The number of rotatable bonds is 5. The summed E-state index contributed by atoms with van der Waals surface area (Å²) in [5, 5.41) is 4.24. The highest BCUT2D eigenvalue weighted by Crippen LogP contribution is 2.36. The first-order chi connectivity index (χ1) is 9.75. The monoisotopic (exact) mass is 325 g/mol. The molecular weight excluding hydrogens is 313 g/mol. The molecule has 104 valence electrons. The van der Waals surface area contributed by atoms with Gasteiger partial charge in [0.1, 0.15) is 5.75 Å². The number of benzene rings is 1. The van der Waals surface area contributed by atoms with Gasteiger partial charge in [0.25, 0.3) is 0 Å². The molecule has 0 saturated carbocycles. The smallest absolute Gasteiger partial charge is 0.130 e. The van der Waals surface area contributed by atoms with Crippen molar-refractivity contribution in [1.82, 2.24) is 4.98 Å². The summed E-state index contributed by atoms with van der Waals surface area (Å²) in [6, 6.07) is 7.91. The zero-order valence-electron chi connectivity index (χ0n) is 10.7. The molecule has 3 rings (SSSR count). The fourth-order valence-corrected chi connectivity index (χ4v) is 3.35. The third-order valence-electron chi connectivity index (χ3n) is 3.10. The van der Waals surface area contributed by atoms with Gasteiger partial charge in [0, 0.05) is 11.1 Å². The first kappa shape index (κ1) is 13.8. The van der Waals surface area contributed by atoms with Gasteiger partial charge in [0.15, 0.2) is 0 Å². The van der Waals surface area contributed by atoms with E-state index in [9.17, 15) is 0 Å². The molecule has 0 radical (unpaired) electrons. The molecule has 2 heterocycles. The van der Waals surface area contributed by atoms with Gasteiger partial charge in [-0.3, -0.25) is 0 Å². The molecule has 0 unspecified atom stereocenters. The maximum Gasteiger partial charge on any atom is 0.130 e. The lowest BCUT2D eigenvalue weighted by molar-refractivity contribution is 0.315. The molecule has 1 aromatic carbocycles. The molecule has 0 amide bonds. The van der Waals surface area contributed by atoms with Gasteiger partial charge >= 0.3 is 0 Å². The molecule has 3 aromatic rings. The van der Waals surface area contributed by atoms with Gasteiger partial charge in [-0.2, -0.15) is 0 Å². The lowest BCUT2D eigenvalue weighted by Crippen LogP contribution is -1.99. The molecule has 0 fully saturated rings. The highest BCUT2D eigenvalue weighted by Gasteiger charge is 2.11. The number of nitrogens with one attached hydrogen (secondary N) is 1. The lowest BCUT2D eigenvalue weighted by Gasteiger charge is -2.08. The van der Waals surface area contributed by atoms with Crippen molar-refractivity contribution in [2.24, 2.45) is 0 Å². The summed E-state index contributed by atoms with van der Waals surface area (Å²) in [5.74, 6) is 0.779. The summed E-state index contributed by atoms with van der Waals surface area (Å²) >= 11 is 14.1. The first-order valence-electron chi connectivity index (χ1n) is 6.36. The van der Waals surface area contributed by atoms with E-state index in [4.69, 9.17) is 27.9 Å². The minimum atomic E-state index is 0.635. The molecule has 0 aliphatic heterocycles. The highest BCUT2D eigenvalue weighted by molar-refractivity contribution is 7.09. The van der Waals surface area contributed by atoms with Gasteiger partial charge < -0.3 is 9.72 Å². The van der Waals surface area contributed by atoms with E-state index in [0.717, 1.165) is 29.5 Å². The van der Waals surface area contributed by atoms with Crippen molar-refractivity contribution in [3.05, 3.63) is 50.8 Å². The fourth-order valence-electron chi connectivity index (χ4n) is 2.15. The van der Waals surface area contributed by atoms with Crippen LogP contribution in [0, 0.1) is 0 Å². The van der Waals surface area contributed by atoms with Crippen LogP contribution in [0.2, 0.25) is 10.0 Å². The Labute approximate surface area is 131 Å². The second-order valence-corrected chi connectivity index (χ2v) is 6.31. The van der Waals surface area contributed by atoms with Gasteiger partial charge in [-0.1, -0.05) is 29.3 Å². The van der Waals surface area contributed by atoms with Crippen molar-refractivity contribution < 1.29 is 4.74 Å². The molecule has 20 heavy (non-hydrogen) atoms. The molecule has 0 bridgehead atoms. The first-order valence-corrected chi connectivity index (χ1v) is 7.99. The average molecular weight is 326 g/mol. The van der Waals surface area contributed by atoms with Crippen LogP contribution in [0.3, 0.4) is 0 Å². The number of aromatic amines is 1. The average Bonchev–Trinajstić information content (AvgIpc) is 3.08. The molecule has 2 aromatic heterocycles. The van der Waals surface area contributed by atoms with Crippen molar-refractivity contribution in [2.45, 2.75) is 12.8 Å². The van der Waals surface area contributed by atoms with Crippen LogP contribution in [0.15, 0.2) is 35.8 Å². The van der Waals surface area contributed by atoms with E-state index in [0.29, 0.717) is 16.7 Å². The van der Waals surface area contributed by atoms with Crippen molar-refractivity contribution in [3.8, 4) is 5.75 Å². The summed E-state index contributed by atoms with van der Waals surface area (Å²) in [6.07, 6.45) is 3.75. The Morgan fingerprint density at radius 2 is 2.05 bits per heavy atom. The van der Waals surface area contributed by atoms with E-state index in [1.165, 1.54) is 4.88 Å². The summed E-state index contributed by atoms with van der Waals surface area (Å²) < 4.78 is 5.85. The van der Waals surface area contributed by atoms with Gasteiger partial charge in [0.05, 0.1) is 27.6 Å². The highest BCUT2D eigenvalue weighted by atomic mass is 35.5. The Morgan fingerprint density at radius 3 is 2.85 bits per heavy atom. The number of hydrogen-bond acceptors (Lipinski definition) is 2. The number of aromatic nitrogens is 1. The predicted octanol–water partition coefficient (Wildman–Crippen LogP) is 5.55. The van der Waals surface area contributed by atoms with E-state index in [1.807, 2.05) is 12.1 Å². The Balaban J connectivity index is 1.68. The largest absolute Gasteiger partial charge is 0.493 e. The predicted molar refractivity (Wildman–Crippen MR) is 86.5 cm³/mol. The number of thiophene rings is 1. The van der Waals surface area contributed by atoms with E-state index in [1.54, 1.807) is 17.5 Å². The molecule has 0 saturated heterocycles. The van der Waals surface area contributed by atoms with E-state index in [2.05, 4.69) is 22.5 Å².